The summed E-state index contributed by atoms with van der Waals surface area (Å²) < 4.78 is 11.3. The van der Waals surface area contributed by atoms with Gasteiger partial charge in [-0.1, -0.05) is 48.5 Å². The van der Waals surface area contributed by atoms with E-state index in [0.29, 0.717) is 24.5 Å². The number of ether oxygens (including phenoxy) is 2. The third-order valence-corrected chi connectivity index (χ3v) is 5.98. The molecule has 0 aromatic heterocycles. The van der Waals surface area contributed by atoms with Gasteiger partial charge in [-0.3, -0.25) is 9.69 Å². The van der Waals surface area contributed by atoms with Crippen molar-refractivity contribution in [3.8, 4) is 11.5 Å². The van der Waals surface area contributed by atoms with Gasteiger partial charge in [0, 0.05) is 44.8 Å². The van der Waals surface area contributed by atoms with Crippen molar-refractivity contribution in [1.29, 1.82) is 0 Å². The highest BCUT2D eigenvalue weighted by Gasteiger charge is 2.17. The van der Waals surface area contributed by atoms with Crippen molar-refractivity contribution in [2.75, 3.05) is 44.7 Å². The van der Waals surface area contributed by atoms with Crippen LogP contribution < -0.4 is 19.8 Å². The Balaban J connectivity index is 1.19. The fraction of sp³-hybridized carbons (Fsp3) is 0.286. The highest BCUT2D eigenvalue weighted by atomic mass is 16.5. The van der Waals surface area contributed by atoms with Crippen molar-refractivity contribution < 1.29 is 14.3 Å². The number of benzene rings is 3. The van der Waals surface area contributed by atoms with E-state index in [1.54, 1.807) is 13.3 Å². The lowest BCUT2D eigenvalue weighted by Crippen LogP contribution is -2.47. The van der Waals surface area contributed by atoms with E-state index in [1.807, 2.05) is 54.6 Å². The van der Waals surface area contributed by atoms with Crippen LogP contribution in [0.4, 0.5) is 5.69 Å². The molecule has 7 heteroatoms. The Kier molecular flexibility index (Phi) is 8.73. The number of hydrogen-bond donors (Lipinski definition) is 1. The van der Waals surface area contributed by atoms with Gasteiger partial charge in [-0.05, 0) is 41.5 Å². The number of carbonyl (C=O) groups excluding carboxylic acids is 1. The second-order valence-electron chi connectivity index (χ2n) is 8.39. The molecule has 1 fully saturated rings. The van der Waals surface area contributed by atoms with Crippen LogP contribution in [0.2, 0.25) is 0 Å². The number of anilines is 1. The third-order valence-electron chi connectivity index (χ3n) is 5.98. The first-order chi connectivity index (χ1) is 17.2. The SMILES string of the molecule is COc1cc(/C=N/NC(=O)CCN2CCN(c3ccccc3)CC2)ccc1OCc1ccccc1. The van der Waals surface area contributed by atoms with Crippen LogP contribution in [0.1, 0.15) is 17.5 Å². The molecule has 1 amide bonds. The minimum absolute atomic E-state index is 0.0958. The van der Waals surface area contributed by atoms with Crippen molar-refractivity contribution in [3.05, 3.63) is 90.0 Å². The second kappa shape index (κ2) is 12.6. The van der Waals surface area contributed by atoms with Gasteiger partial charge in [0.25, 0.3) is 0 Å². The monoisotopic (exact) mass is 472 g/mol. The predicted octanol–water partition coefficient (Wildman–Crippen LogP) is 3.94. The highest BCUT2D eigenvalue weighted by Crippen LogP contribution is 2.28. The van der Waals surface area contributed by atoms with E-state index in [9.17, 15) is 4.79 Å². The lowest BCUT2D eigenvalue weighted by Gasteiger charge is -2.36. The van der Waals surface area contributed by atoms with Crippen LogP contribution in [-0.4, -0.2) is 56.9 Å². The number of amides is 1. The van der Waals surface area contributed by atoms with Crippen molar-refractivity contribution in [1.82, 2.24) is 10.3 Å². The molecule has 0 bridgehead atoms. The smallest absolute Gasteiger partial charge is 0.241 e. The Bertz CT molecular complexity index is 1100. The largest absolute Gasteiger partial charge is 0.493 e. The zero-order valence-electron chi connectivity index (χ0n) is 20.1. The summed E-state index contributed by atoms with van der Waals surface area (Å²) in [5.41, 5.74) is 5.78. The quantitative estimate of drug-likeness (QED) is 0.358. The van der Waals surface area contributed by atoms with E-state index in [4.69, 9.17) is 9.47 Å². The molecule has 0 saturated carbocycles. The Morgan fingerprint density at radius 1 is 0.943 bits per heavy atom. The molecule has 3 aromatic carbocycles. The number of nitrogens with zero attached hydrogens (tertiary/aromatic N) is 3. The summed E-state index contributed by atoms with van der Waals surface area (Å²) in [6.07, 6.45) is 2.03. The van der Waals surface area contributed by atoms with Crippen molar-refractivity contribution in [2.24, 2.45) is 5.10 Å². The second-order valence-corrected chi connectivity index (χ2v) is 8.39. The minimum Gasteiger partial charge on any atom is -0.493 e. The summed E-state index contributed by atoms with van der Waals surface area (Å²) in [6.45, 7) is 5.02. The van der Waals surface area contributed by atoms with Crippen LogP contribution >= 0.6 is 0 Å². The molecule has 1 aliphatic rings. The van der Waals surface area contributed by atoms with Crippen molar-refractivity contribution in [2.45, 2.75) is 13.0 Å². The average Bonchev–Trinajstić information content (AvgIpc) is 2.92. The third kappa shape index (κ3) is 7.32. The van der Waals surface area contributed by atoms with Gasteiger partial charge < -0.3 is 14.4 Å². The van der Waals surface area contributed by atoms with Gasteiger partial charge in [0.1, 0.15) is 6.61 Å². The maximum Gasteiger partial charge on any atom is 0.241 e. The van der Waals surface area contributed by atoms with Crippen molar-refractivity contribution in [3.63, 3.8) is 0 Å². The summed E-state index contributed by atoms with van der Waals surface area (Å²) >= 11 is 0. The van der Waals surface area contributed by atoms with E-state index >= 15 is 0 Å². The van der Waals surface area contributed by atoms with E-state index in [0.717, 1.165) is 43.9 Å². The number of methoxy groups -OCH3 is 1. The van der Waals surface area contributed by atoms with Crippen LogP contribution in [-0.2, 0) is 11.4 Å². The normalized spacial score (nSPS) is 14.1. The van der Waals surface area contributed by atoms with Gasteiger partial charge in [0.15, 0.2) is 11.5 Å². The molecule has 4 rings (SSSR count). The fourth-order valence-corrected chi connectivity index (χ4v) is 3.98. The van der Waals surface area contributed by atoms with Crippen LogP contribution in [0, 0.1) is 0 Å². The molecule has 0 spiro atoms. The minimum atomic E-state index is -0.0958. The number of hydrazone groups is 1. The molecule has 1 saturated heterocycles. The van der Waals surface area contributed by atoms with Crippen LogP contribution in [0.3, 0.4) is 0 Å². The molecule has 0 atom stereocenters. The fourth-order valence-electron chi connectivity index (χ4n) is 3.98. The van der Waals surface area contributed by atoms with Gasteiger partial charge in [-0.2, -0.15) is 5.10 Å². The summed E-state index contributed by atoms with van der Waals surface area (Å²) in [5.74, 6) is 1.18. The number of nitrogens with one attached hydrogen (secondary N) is 1. The molecule has 0 aliphatic carbocycles. The molecule has 3 aromatic rings. The van der Waals surface area contributed by atoms with Crippen LogP contribution in [0.5, 0.6) is 11.5 Å². The maximum absolute atomic E-state index is 12.3. The van der Waals surface area contributed by atoms with E-state index in [1.165, 1.54) is 5.69 Å². The Morgan fingerprint density at radius 3 is 2.37 bits per heavy atom. The molecule has 1 aliphatic heterocycles. The molecule has 35 heavy (non-hydrogen) atoms. The van der Waals surface area contributed by atoms with E-state index < -0.39 is 0 Å². The van der Waals surface area contributed by atoms with Gasteiger partial charge in [0.05, 0.1) is 13.3 Å². The van der Waals surface area contributed by atoms with E-state index in [-0.39, 0.29) is 5.91 Å². The zero-order chi connectivity index (χ0) is 24.3. The molecular formula is C28H32N4O3. The Hall–Kier alpha value is -3.84. The van der Waals surface area contributed by atoms with Gasteiger partial charge in [0.2, 0.25) is 5.91 Å². The van der Waals surface area contributed by atoms with E-state index in [2.05, 4.69) is 44.6 Å². The number of piperazine rings is 1. The summed E-state index contributed by atoms with van der Waals surface area (Å²) in [4.78, 5) is 17.0. The zero-order valence-corrected chi connectivity index (χ0v) is 20.1. The molecular weight excluding hydrogens is 440 g/mol. The summed E-state index contributed by atoms with van der Waals surface area (Å²) in [6, 6.07) is 26.0. The lowest BCUT2D eigenvalue weighted by molar-refractivity contribution is -0.121. The highest BCUT2D eigenvalue weighted by molar-refractivity contribution is 5.83. The Morgan fingerprint density at radius 2 is 1.66 bits per heavy atom. The number of carbonyl (C=O) groups is 1. The number of hydrogen-bond acceptors (Lipinski definition) is 6. The molecule has 182 valence electrons. The van der Waals surface area contributed by atoms with Gasteiger partial charge >= 0.3 is 0 Å². The first-order valence-corrected chi connectivity index (χ1v) is 11.9. The summed E-state index contributed by atoms with van der Waals surface area (Å²) in [5, 5.41) is 4.11. The first kappa shape index (κ1) is 24.3. The molecule has 1 heterocycles. The topological polar surface area (TPSA) is 66.4 Å². The van der Waals surface area contributed by atoms with Crippen LogP contribution in [0.15, 0.2) is 84.0 Å². The molecule has 7 nitrogen and oxygen atoms in total. The van der Waals surface area contributed by atoms with Gasteiger partial charge in [-0.15, -0.1) is 0 Å². The summed E-state index contributed by atoms with van der Waals surface area (Å²) in [7, 11) is 1.60. The lowest BCUT2D eigenvalue weighted by atomic mass is 10.2. The standard InChI is InChI=1S/C28H32N4O3/c1-34-27-20-24(12-13-26(27)35-22-23-8-4-2-5-9-23)21-29-30-28(33)14-15-31-16-18-32(19-17-31)25-10-6-3-7-11-25/h2-13,20-21H,14-19,22H2,1H3,(H,30,33)/b29-21+. The average molecular weight is 473 g/mol. The Labute approximate surface area is 207 Å². The first-order valence-electron chi connectivity index (χ1n) is 11.9. The molecule has 0 radical (unpaired) electrons. The molecule has 1 N–H and O–H groups in total. The number of para-hydroxylation sites is 1. The van der Waals surface area contributed by atoms with Crippen LogP contribution in [0.25, 0.3) is 0 Å². The maximum atomic E-state index is 12.3. The van der Waals surface area contributed by atoms with Crippen molar-refractivity contribution >= 4 is 17.8 Å². The van der Waals surface area contributed by atoms with Gasteiger partial charge in [-0.25, -0.2) is 5.43 Å². The predicted molar refractivity (Wildman–Crippen MR) is 139 cm³/mol. The molecule has 0 unspecified atom stereocenters. The number of rotatable bonds is 10.